The van der Waals surface area contributed by atoms with Gasteiger partial charge in [-0.2, -0.15) is 0 Å². The summed E-state index contributed by atoms with van der Waals surface area (Å²) in [5, 5.41) is 4.05. The van der Waals surface area contributed by atoms with Gasteiger partial charge in [-0.15, -0.1) is 0 Å². The molecule has 2 aromatic carbocycles. The molecule has 0 saturated carbocycles. The average Bonchev–Trinajstić information content (AvgIpc) is 3.01. The number of rotatable bonds is 5. The van der Waals surface area contributed by atoms with Crippen LogP contribution in [0.4, 0.5) is 10.5 Å². The first-order valence-electron chi connectivity index (χ1n) is 11.1. The Kier molecular flexibility index (Phi) is 6.74. The van der Waals surface area contributed by atoms with E-state index in [1.807, 2.05) is 12.1 Å². The van der Waals surface area contributed by atoms with E-state index in [0.29, 0.717) is 26.2 Å². The Morgan fingerprint density at radius 1 is 1.06 bits per heavy atom. The van der Waals surface area contributed by atoms with Gasteiger partial charge in [0.25, 0.3) is 5.91 Å². The van der Waals surface area contributed by atoms with Crippen molar-refractivity contribution in [3.05, 3.63) is 73.9 Å². The number of hydrogen-bond donors (Lipinski definition) is 1. The molecule has 3 amide bonds. The number of anilines is 1. The largest absolute Gasteiger partial charge is 0.362 e. The summed E-state index contributed by atoms with van der Waals surface area (Å²) in [6.45, 7) is 9.55. The molecular formula is C26H26Cl3N3O2. The number of imide groups is 1. The summed E-state index contributed by atoms with van der Waals surface area (Å²) in [7, 11) is 0. The van der Waals surface area contributed by atoms with E-state index < -0.39 is 11.9 Å². The molecule has 0 unspecified atom stereocenters. The molecule has 4 rings (SSSR count). The Bertz CT molecular complexity index is 1250. The summed E-state index contributed by atoms with van der Waals surface area (Å²) in [5.74, 6) is -0.439. The average molecular weight is 519 g/mol. The van der Waals surface area contributed by atoms with Gasteiger partial charge in [-0.25, -0.2) is 4.79 Å². The van der Waals surface area contributed by atoms with Crippen LogP contribution in [-0.2, 0) is 11.3 Å². The third-order valence-corrected chi connectivity index (χ3v) is 7.06. The van der Waals surface area contributed by atoms with Gasteiger partial charge >= 0.3 is 6.03 Å². The summed E-state index contributed by atoms with van der Waals surface area (Å²) in [6, 6.07) is 8.37. The van der Waals surface area contributed by atoms with Crippen LogP contribution in [0.1, 0.15) is 50.8 Å². The Morgan fingerprint density at radius 2 is 1.79 bits per heavy atom. The number of urea groups is 1. The van der Waals surface area contributed by atoms with Crippen LogP contribution < -0.4 is 10.2 Å². The lowest BCUT2D eigenvalue weighted by atomic mass is 9.87. The third-order valence-electron chi connectivity index (χ3n) is 6.15. The zero-order valence-corrected chi connectivity index (χ0v) is 21.8. The number of nitrogens with one attached hydrogen (secondary N) is 1. The molecule has 8 heteroatoms. The molecule has 0 aromatic heterocycles. The lowest BCUT2D eigenvalue weighted by Gasteiger charge is -2.43. The molecule has 5 nitrogen and oxygen atoms in total. The number of allylic oxidation sites excluding steroid dienone is 1. The highest BCUT2D eigenvalue weighted by molar-refractivity contribution is 6.35. The Balaban J connectivity index is 1.66. The van der Waals surface area contributed by atoms with Crippen LogP contribution in [0.25, 0.3) is 11.6 Å². The molecule has 178 valence electrons. The van der Waals surface area contributed by atoms with Crippen LogP contribution in [0.3, 0.4) is 0 Å². The first-order chi connectivity index (χ1) is 16.0. The van der Waals surface area contributed by atoms with E-state index in [-0.39, 0.29) is 17.8 Å². The van der Waals surface area contributed by atoms with Crippen molar-refractivity contribution in [1.29, 1.82) is 0 Å². The SMILES string of the molecule is CCCN1c2cc(Cl)c(/C=C3/NC(=O)N(Cc4ccc(Cl)cc4Cl)C3=O)cc2C(C)=CC1(C)C. The molecule has 0 radical (unpaired) electrons. The second-order valence-electron chi connectivity index (χ2n) is 9.14. The minimum atomic E-state index is -0.511. The lowest BCUT2D eigenvalue weighted by Crippen LogP contribution is -2.45. The number of benzene rings is 2. The van der Waals surface area contributed by atoms with Crippen molar-refractivity contribution in [2.75, 3.05) is 11.4 Å². The molecular weight excluding hydrogens is 493 g/mol. The quantitative estimate of drug-likeness (QED) is 0.338. The predicted molar refractivity (Wildman–Crippen MR) is 140 cm³/mol. The number of nitrogens with zero attached hydrogens (tertiary/aromatic N) is 2. The number of hydrogen-bond acceptors (Lipinski definition) is 3. The molecule has 0 aliphatic carbocycles. The summed E-state index contributed by atoms with van der Waals surface area (Å²) >= 11 is 18.9. The first kappa shape index (κ1) is 24.6. The third kappa shape index (κ3) is 4.57. The standard InChI is InChI=1S/C26H26Cl3N3O2/c1-5-8-32-23-12-21(29)17(9-19(23)15(2)13-26(32,3)4)10-22-24(33)31(25(34)30-22)14-16-6-7-18(27)11-20(16)28/h6-7,9-13H,5,8,14H2,1-4H3,(H,30,34)/b22-10+. The number of carbonyl (C=O) groups excluding carboxylic acids is 2. The van der Waals surface area contributed by atoms with Crippen LogP contribution in [-0.4, -0.2) is 28.9 Å². The molecule has 1 fully saturated rings. The van der Waals surface area contributed by atoms with Crippen LogP contribution in [0, 0.1) is 0 Å². The summed E-state index contributed by atoms with van der Waals surface area (Å²) in [6.07, 6.45) is 4.88. The fraction of sp³-hybridized carbons (Fsp3) is 0.308. The van der Waals surface area contributed by atoms with Crippen LogP contribution in [0.2, 0.25) is 15.1 Å². The van der Waals surface area contributed by atoms with Crippen LogP contribution in [0.5, 0.6) is 0 Å². The van der Waals surface area contributed by atoms with E-state index >= 15 is 0 Å². The van der Waals surface area contributed by atoms with Gasteiger partial charge in [-0.05, 0) is 74.2 Å². The van der Waals surface area contributed by atoms with Gasteiger partial charge in [-0.1, -0.05) is 53.9 Å². The Hall–Kier alpha value is -2.47. The zero-order valence-electron chi connectivity index (χ0n) is 19.5. The lowest BCUT2D eigenvalue weighted by molar-refractivity contribution is -0.123. The molecule has 34 heavy (non-hydrogen) atoms. The maximum absolute atomic E-state index is 13.0. The van der Waals surface area contributed by atoms with Crippen molar-refractivity contribution in [3.63, 3.8) is 0 Å². The van der Waals surface area contributed by atoms with E-state index in [4.69, 9.17) is 34.8 Å². The van der Waals surface area contributed by atoms with E-state index in [2.05, 4.69) is 44.0 Å². The monoisotopic (exact) mass is 517 g/mol. The second kappa shape index (κ2) is 9.29. The van der Waals surface area contributed by atoms with Gasteiger partial charge in [0.2, 0.25) is 0 Å². The van der Waals surface area contributed by atoms with Gasteiger partial charge < -0.3 is 10.2 Å². The normalized spacial score (nSPS) is 18.3. The molecule has 2 aromatic rings. The number of fused-ring (bicyclic) bond motifs is 1. The maximum atomic E-state index is 13.0. The molecule has 1 N–H and O–H groups in total. The Morgan fingerprint density at radius 3 is 2.47 bits per heavy atom. The first-order valence-corrected chi connectivity index (χ1v) is 12.2. The second-order valence-corrected chi connectivity index (χ2v) is 10.4. The fourth-order valence-corrected chi connectivity index (χ4v) is 5.23. The molecule has 0 atom stereocenters. The van der Waals surface area contributed by atoms with E-state index in [9.17, 15) is 9.59 Å². The molecule has 2 aliphatic heterocycles. The van der Waals surface area contributed by atoms with Gasteiger partial charge in [0.05, 0.1) is 12.1 Å². The number of halogens is 3. The molecule has 0 spiro atoms. The zero-order chi connectivity index (χ0) is 24.8. The number of carbonyl (C=O) groups is 2. The van der Waals surface area contributed by atoms with Gasteiger partial charge in [-0.3, -0.25) is 9.69 Å². The molecule has 2 aliphatic rings. The van der Waals surface area contributed by atoms with E-state index in [1.54, 1.807) is 24.3 Å². The minimum Gasteiger partial charge on any atom is -0.362 e. The van der Waals surface area contributed by atoms with Crippen LogP contribution >= 0.6 is 34.8 Å². The van der Waals surface area contributed by atoms with Gasteiger partial charge in [0.15, 0.2) is 0 Å². The van der Waals surface area contributed by atoms with Crippen molar-refractivity contribution in [1.82, 2.24) is 10.2 Å². The number of amides is 3. The van der Waals surface area contributed by atoms with Gasteiger partial charge in [0.1, 0.15) is 5.70 Å². The predicted octanol–water partition coefficient (Wildman–Crippen LogP) is 7.15. The van der Waals surface area contributed by atoms with Crippen molar-refractivity contribution in [2.45, 2.75) is 46.2 Å². The topological polar surface area (TPSA) is 52.7 Å². The van der Waals surface area contributed by atoms with E-state index in [0.717, 1.165) is 34.7 Å². The fourth-order valence-electron chi connectivity index (χ4n) is 4.55. The smallest absolute Gasteiger partial charge is 0.329 e. The summed E-state index contributed by atoms with van der Waals surface area (Å²) in [4.78, 5) is 29.1. The van der Waals surface area contributed by atoms with E-state index in [1.165, 1.54) is 0 Å². The molecule has 2 heterocycles. The highest BCUT2D eigenvalue weighted by atomic mass is 35.5. The van der Waals surface area contributed by atoms with Crippen molar-refractivity contribution >= 4 is 64.1 Å². The summed E-state index contributed by atoms with van der Waals surface area (Å²) in [5.41, 5.74) is 4.60. The van der Waals surface area contributed by atoms with Crippen molar-refractivity contribution in [3.8, 4) is 0 Å². The van der Waals surface area contributed by atoms with Crippen LogP contribution in [0.15, 0.2) is 42.1 Å². The summed E-state index contributed by atoms with van der Waals surface area (Å²) < 4.78 is 0. The Labute approximate surface area is 215 Å². The van der Waals surface area contributed by atoms with Crippen molar-refractivity contribution in [2.24, 2.45) is 0 Å². The van der Waals surface area contributed by atoms with Crippen molar-refractivity contribution < 1.29 is 9.59 Å². The minimum absolute atomic E-state index is 0.0405. The highest BCUT2D eigenvalue weighted by Gasteiger charge is 2.35. The highest BCUT2D eigenvalue weighted by Crippen LogP contribution is 2.42. The van der Waals surface area contributed by atoms with Gasteiger partial charge in [0, 0.05) is 32.9 Å². The molecule has 0 bridgehead atoms. The molecule has 1 saturated heterocycles. The maximum Gasteiger partial charge on any atom is 0.329 e.